The average Bonchev–Trinajstić information content (AvgIpc) is 2.74. The molecule has 0 radical (unpaired) electrons. The third-order valence-electron chi connectivity index (χ3n) is 4.36. The van der Waals surface area contributed by atoms with Crippen LogP contribution in [0.3, 0.4) is 0 Å². The highest BCUT2D eigenvalue weighted by molar-refractivity contribution is 5.04. The Morgan fingerprint density at radius 3 is 1.56 bits per heavy atom. The predicted molar refractivity (Wildman–Crippen MR) is 59.6 cm³/mol. The van der Waals surface area contributed by atoms with Crippen molar-refractivity contribution < 1.29 is 29.9 Å². The number of rotatable bonds is 0. The maximum atomic E-state index is 9.92. The van der Waals surface area contributed by atoms with E-state index in [-0.39, 0.29) is 0 Å². The van der Waals surface area contributed by atoms with Crippen LogP contribution in [0.2, 0.25) is 0 Å². The Morgan fingerprint density at radius 2 is 1.11 bits per heavy atom. The van der Waals surface area contributed by atoms with Crippen molar-refractivity contribution in [3.05, 3.63) is 0 Å². The third kappa shape index (κ3) is 1.79. The molecule has 18 heavy (non-hydrogen) atoms. The highest BCUT2D eigenvalue weighted by Crippen LogP contribution is 2.44. The minimum Gasteiger partial charge on any atom is -0.387 e. The van der Waals surface area contributed by atoms with Crippen LogP contribution in [0.1, 0.15) is 32.1 Å². The summed E-state index contributed by atoms with van der Waals surface area (Å²) in [5.74, 6) is -0.751. The number of fused-ring (bicyclic) bond motifs is 1. The van der Waals surface area contributed by atoms with Crippen LogP contribution in [0.5, 0.6) is 0 Å². The van der Waals surface area contributed by atoms with Gasteiger partial charge in [-0.05, 0) is 12.8 Å². The van der Waals surface area contributed by atoms with Gasteiger partial charge in [0.1, 0.15) is 36.6 Å². The minimum atomic E-state index is -1.40. The second-order valence-electron chi connectivity index (χ2n) is 5.60. The Bertz CT molecular complexity index is 292. The summed E-state index contributed by atoms with van der Waals surface area (Å²) in [6, 6.07) is 0. The normalized spacial score (nSPS) is 51.3. The van der Waals surface area contributed by atoms with E-state index < -0.39 is 42.4 Å². The van der Waals surface area contributed by atoms with Gasteiger partial charge in [0.2, 0.25) is 0 Å². The summed E-state index contributed by atoms with van der Waals surface area (Å²) in [6.45, 7) is 0. The Hall–Kier alpha value is -0.240. The zero-order valence-electron chi connectivity index (χ0n) is 10.1. The van der Waals surface area contributed by atoms with Crippen molar-refractivity contribution in [1.29, 1.82) is 0 Å². The van der Waals surface area contributed by atoms with Crippen molar-refractivity contribution in [2.24, 2.45) is 0 Å². The number of aliphatic hydroxyl groups is 4. The number of hydrogen-bond acceptors (Lipinski definition) is 6. The average molecular weight is 260 g/mol. The van der Waals surface area contributed by atoms with E-state index in [1.54, 1.807) is 0 Å². The van der Waals surface area contributed by atoms with E-state index in [0.29, 0.717) is 0 Å². The summed E-state index contributed by atoms with van der Waals surface area (Å²) in [5.41, 5.74) is 0. The van der Waals surface area contributed by atoms with Gasteiger partial charge in [0, 0.05) is 12.8 Å². The van der Waals surface area contributed by atoms with Crippen LogP contribution in [0.15, 0.2) is 0 Å². The topological polar surface area (TPSA) is 99.4 Å². The fourth-order valence-corrected chi connectivity index (χ4v) is 3.30. The van der Waals surface area contributed by atoms with Crippen LogP contribution in [-0.4, -0.2) is 62.8 Å². The summed E-state index contributed by atoms with van der Waals surface area (Å²) in [4.78, 5) is 0. The molecule has 6 nitrogen and oxygen atoms in total. The van der Waals surface area contributed by atoms with E-state index in [0.717, 1.165) is 32.1 Å². The summed E-state index contributed by atoms with van der Waals surface area (Å²) >= 11 is 0. The van der Waals surface area contributed by atoms with Crippen molar-refractivity contribution in [3.8, 4) is 0 Å². The molecule has 2 saturated carbocycles. The Kier molecular flexibility index (Phi) is 3.12. The first-order chi connectivity index (χ1) is 8.54. The molecule has 3 aliphatic rings. The molecule has 4 N–H and O–H groups in total. The largest absolute Gasteiger partial charge is 0.387 e. The molecular formula is C12H20O6. The van der Waals surface area contributed by atoms with Crippen molar-refractivity contribution >= 4 is 0 Å². The van der Waals surface area contributed by atoms with Gasteiger partial charge in [-0.25, -0.2) is 0 Å². The number of aliphatic hydroxyl groups excluding tert-OH is 4. The van der Waals surface area contributed by atoms with Gasteiger partial charge in [-0.3, -0.25) is 0 Å². The van der Waals surface area contributed by atoms with Crippen LogP contribution in [0, 0.1) is 0 Å². The molecule has 1 heterocycles. The van der Waals surface area contributed by atoms with Crippen LogP contribution < -0.4 is 0 Å². The molecule has 0 amide bonds. The third-order valence-corrected chi connectivity index (χ3v) is 4.36. The van der Waals surface area contributed by atoms with Crippen LogP contribution in [0.4, 0.5) is 0 Å². The first-order valence-electron chi connectivity index (χ1n) is 6.62. The van der Waals surface area contributed by atoms with Gasteiger partial charge in [0.15, 0.2) is 5.79 Å². The van der Waals surface area contributed by atoms with Crippen LogP contribution >= 0.6 is 0 Å². The van der Waals surface area contributed by atoms with Crippen molar-refractivity contribution in [2.75, 3.05) is 0 Å². The molecule has 1 spiro atoms. The smallest absolute Gasteiger partial charge is 0.169 e. The fraction of sp³-hybridized carbons (Fsp3) is 1.00. The van der Waals surface area contributed by atoms with E-state index in [1.165, 1.54) is 0 Å². The Balaban J connectivity index is 1.82. The lowest BCUT2D eigenvalue weighted by molar-refractivity contribution is -0.203. The van der Waals surface area contributed by atoms with E-state index in [2.05, 4.69) is 0 Å². The van der Waals surface area contributed by atoms with Crippen LogP contribution in [0.25, 0.3) is 0 Å². The van der Waals surface area contributed by atoms with E-state index in [4.69, 9.17) is 9.47 Å². The second-order valence-corrected chi connectivity index (χ2v) is 5.60. The van der Waals surface area contributed by atoms with E-state index in [1.807, 2.05) is 0 Å². The van der Waals surface area contributed by atoms with Gasteiger partial charge in [0.05, 0.1) is 0 Å². The molecule has 0 aromatic carbocycles. The summed E-state index contributed by atoms with van der Waals surface area (Å²) in [6.07, 6.45) is -2.24. The molecule has 6 heteroatoms. The van der Waals surface area contributed by atoms with Gasteiger partial charge in [-0.2, -0.15) is 0 Å². The lowest BCUT2D eigenvalue weighted by Crippen LogP contribution is -2.62. The van der Waals surface area contributed by atoms with Crippen molar-refractivity contribution in [1.82, 2.24) is 0 Å². The number of hydrogen-bond donors (Lipinski definition) is 4. The van der Waals surface area contributed by atoms with Crippen molar-refractivity contribution in [2.45, 2.75) is 74.5 Å². The van der Waals surface area contributed by atoms with Crippen molar-refractivity contribution in [3.63, 3.8) is 0 Å². The SMILES string of the molecule is O[C@@H]1[C@H](O)[C@H](O)[C@@H]2OC3(CCCCC3)O[C@H]2[C@H]1O. The fourth-order valence-electron chi connectivity index (χ4n) is 3.30. The summed E-state index contributed by atoms with van der Waals surface area (Å²) < 4.78 is 11.6. The minimum absolute atomic E-state index is 0.728. The van der Waals surface area contributed by atoms with Gasteiger partial charge in [0.25, 0.3) is 0 Å². The highest BCUT2D eigenvalue weighted by atomic mass is 16.8. The first-order valence-corrected chi connectivity index (χ1v) is 6.62. The lowest BCUT2D eigenvalue weighted by atomic mass is 9.85. The zero-order valence-corrected chi connectivity index (χ0v) is 10.1. The Morgan fingerprint density at radius 1 is 0.667 bits per heavy atom. The van der Waals surface area contributed by atoms with E-state index >= 15 is 0 Å². The van der Waals surface area contributed by atoms with E-state index in [9.17, 15) is 20.4 Å². The summed E-state index contributed by atoms with van der Waals surface area (Å²) in [5, 5.41) is 39.2. The molecule has 104 valence electrons. The molecule has 0 bridgehead atoms. The van der Waals surface area contributed by atoms with Gasteiger partial charge < -0.3 is 29.9 Å². The van der Waals surface area contributed by atoms with Gasteiger partial charge >= 0.3 is 0 Å². The van der Waals surface area contributed by atoms with Gasteiger partial charge in [-0.15, -0.1) is 0 Å². The monoisotopic (exact) mass is 260 g/mol. The molecule has 2 aliphatic carbocycles. The maximum absolute atomic E-state index is 9.92. The predicted octanol–water partition coefficient (Wildman–Crippen LogP) is -1.11. The second kappa shape index (κ2) is 4.40. The highest BCUT2D eigenvalue weighted by Gasteiger charge is 2.59. The summed E-state index contributed by atoms with van der Waals surface area (Å²) in [7, 11) is 0. The quantitative estimate of drug-likeness (QED) is 0.441. The standard InChI is InChI=1S/C12H20O6/c13-6-7(14)9(16)11-10(8(6)15)17-12(18-11)4-2-1-3-5-12/h6-11,13-16H,1-5H2/t6-,7+,8-,9-,10-,11-/m0/s1. The zero-order chi connectivity index (χ0) is 12.9. The van der Waals surface area contributed by atoms with Crippen LogP contribution in [-0.2, 0) is 9.47 Å². The lowest BCUT2D eigenvalue weighted by Gasteiger charge is -2.38. The molecule has 0 unspecified atom stereocenters. The molecule has 0 aromatic heterocycles. The molecular weight excluding hydrogens is 240 g/mol. The Labute approximate surface area is 105 Å². The molecule has 3 rings (SSSR count). The first kappa shape index (κ1) is 12.8. The molecule has 0 aromatic rings. The number of ether oxygens (including phenoxy) is 2. The molecule has 6 atom stereocenters. The maximum Gasteiger partial charge on any atom is 0.169 e. The molecule has 1 aliphatic heterocycles. The molecule has 1 saturated heterocycles. The van der Waals surface area contributed by atoms with Gasteiger partial charge in [-0.1, -0.05) is 6.42 Å². The molecule has 3 fully saturated rings.